The van der Waals surface area contributed by atoms with E-state index in [1.807, 2.05) is 0 Å². The minimum absolute atomic E-state index is 0.0247. The summed E-state index contributed by atoms with van der Waals surface area (Å²) < 4.78 is 0. The predicted octanol–water partition coefficient (Wildman–Crippen LogP) is 14.3. The first kappa shape index (κ1) is 47.2. The fraction of sp³-hybridized carbons (Fsp3) is 0.525. The third-order valence-corrected chi connectivity index (χ3v) is 16.6. The molecule has 350 valence electrons. The molecule has 6 heteroatoms. The summed E-state index contributed by atoms with van der Waals surface area (Å²) >= 11 is 0. The van der Waals surface area contributed by atoms with Crippen LogP contribution in [0.25, 0.3) is 0 Å². The van der Waals surface area contributed by atoms with Crippen molar-refractivity contribution in [2.45, 2.75) is 207 Å². The zero-order chi connectivity index (χ0) is 49.1. The Hall–Kier alpha value is -4.89. The van der Waals surface area contributed by atoms with E-state index >= 15 is 0 Å². The third-order valence-electron chi connectivity index (χ3n) is 16.6. The van der Waals surface area contributed by atoms with Crippen LogP contribution >= 0.6 is 0 Å². The highest BCUT2D eigenvalue weighted by atomic mass is 15.3. The highest BCUT2D eigenvalue weighted by Gasteiger charge is 2.52. The van der Waals surface area contributed by atoms with Gasteiger partial charge >= 0.3 is 0 Å². The molecule has 0 radical (unpaired) electrons. The molecular weight excluding hydrogens is 814 g/mol. The molecule has 9 rings (SSSR count). The molecule has 4 aliphatic rings. The highest BCUT2D eigenvalue weighted by molar-refractivity contribution is 7.00. The summed E-state index contributed by atoms with van der Waals surface area (Å²) in [5.74, 6) is 1.82. The number of hydrogen-bond acceptors (Lipinski definition) is 5. The number of nitrogens with zero attached hydrogens (tertiary/aromatic N) is 5. The Morgan fingerprint density at radius 2 is 0.791 bits per heavy atom. The first-order valence-electron chi connectivity index (χ1n) is 25.3. The lowest BCUT2D eigenvalue weighted by Crippen LogP contribution is -2.63. The number of fused-ring (bicyclic) bond motifs is 8. The van der Waals surface area contributed by atoms with Crippen molar-refractivity contribution < 1.29 is 0 Å². The van der Waals surface area contributed by atoms with Crippen molar-refractivity contribution in [3.63, 3.8) is 0 Å². The molecule has 0 fully saturated rings. The van der Waals surface area contributed by atoms with Gasteiger partial charge in [-0.1, -0.05) is 175 Å². The van der Waals surface area contributed by atoms with Gasteiger partial charge in [-0.2, -0.15) is 5.26 Å². The minimum atomic E-state index is -0.173. The Morgan fingerprint density at radius 1 is 0.478 bits per heavy atom. The van der Waals surface area contributed by atoms with Gasteiger partial charge in [0.15, 0.2) is 0 Å². The van der Waals surface area contributed by atoms with Crippen molar-refractivity contribution in [3.05, 3.63) is 111 Å². The maximum atomic E-state index is 11.2. The Bertz CT molecular complexity index is 2680. The summed E-state index contributed by atoms with van der Waals surface area (Å²) in [6.45, 7) is 47.3. The lowest BCUT2D eigenvalue weighted by Gasteiger charge is -2.50. The van der Waals surface area contributed by atoms with Gasteiger partial charge in [0.1, 0.15) is 17.7 Å². The van der Waals surface area contributed by atoms with Crippen LogP contribution in [0.3, 0.4) is 0 Å². The van der Waals surface area contributed by atoms with Gasteiger partial charge in [-0.25, -0.2) is 9.97 Å². The molecule has 5 nitrogen and oxygen atoms in total. The standard InChI is InChI=1S/C61H78BN5/c1-54(2,3)36-29-37(55(4,5)6)32-40(31-36)66-50-44(23-21-42-47(50)60(17,18)27-25-58(42,13)14)62-45-24-22-43-48(61(19,20)28-26-59(43,15)16)51(45)67(53-49(62)52(66)64-46(35-63)65-53)41-33-38(56(7,8)9)30-39(34-41)57(10,11)12/h21-24,29-34H,25-28H2,1-20H3. The van der Waals surface area contributed by atoms with Crippen LogP contribution in [-0.2, 0) is 43.3 Å². The summed E-state index contributed by atoms with van der Waals surface area (Å²) in [6.07, 6.45) is 4.38. The average molecular weight is 892 g/mol. The number of benzene rings is 4. The molecule has 0 amide bonds. The van der Waals surface area contributed by atoms with Crippen LogP contribution in [0.1, 0.15) is 214 Å². The Balaban J connectivity index is 1.52. The normalized spacial score (nSPS) is 18.9. The number of anilines is 6. The van der Waals surface area contributed by atoms with E-state index in [2.05, 4.69) is 215 Å². The fourth-order valence-electron chi connectivity index (χ4n) is 11.9. The van der Waals surface area contributed by atoms with E-state index in [0.29, 0.717) is 0 Å². The topological polar surface area (TPSA) is 56.1 Å². The summed E-state index contributed by atoms with van der Waals surface area (Å²) in [7, 11) is 0. The van der Waals surface area contributed by atoms with Crippen molar-refractivity contribution in [2.75, 3.05) is 9.80 Å². The van der Waals surface area contributed by atoms with Gasteiger partial charge < -0.3 is 0 Å². The van der Waals surface area contributed by atoms with Crippen LogP contribution in [-0.4, -0.2) is 16.7 Å². The van der Waals surface area contributed by atoms with Crippen LogP contribution in [0, 0.1) is 11.3 Å². The van der Waals surface area contributed by atoms with Crippen molar-refractivity contribution in [1.29, 1.82) is 5.26 Å². The molecule has 3 heterocycles. The number of nitriles is 1. The quantitative estimate of drug-likeness (QED) is 0.162. The molecule has 0 saturated heterocycles. The van der Waals surface area contributed by atoms with E-state index in [1.54, 1.807) is 0 Å². The van der Waals surface area contributed by atoms with E-state index in [0.717, 1.165) is 54.2 Å². The number of aromatic nitrogens is 2. The molecule has 2 aliphatic heterocycles. The lowest BCUT2D eigenvalue weighted by molar-refractivity contribution is 0.332. The second-order valence-corrected chi connectivity index (χ2v) is 27.7. The maximum Gasteiger partial charge on any atom is 0.256 e. The van der Waals surface area contributed by atoms with Crippen LogP contribution in [0.4, 0.5) is 34.4 Å². The molecule has 0 bridgehead atoms. The van der Waals surface area contributed by atoms with Crippen molar-refractivity contribution in [2.24, 2.45) is 0 Å². The van der Waals surface area contributed by atoms with Crippen LogP contribution in [0.2, 0.25) is 0 Å². The van der Waals surface area contributed by atoms with E-state index in [9.17, 15) is 5.26 Å². The highest BCUT2D eigenvalue weighted by Crippen LogP contribution is 2.56. The summed E-state index contributed by atoms with van der Waals surface area (Å²) in [4.78, 5) is 16.0. The van der Waals surface area contributed by atoms with Gasteiger partial charge in [0.2, 0.25) is 5.82 Å². The van der Waals surface area contributed by atoms with Gasteiger partial charge in [-0.3, -0.25) is 9.80 Å². The molecule has 0 spiro atoms. The van der Waals surface area contributed by atoms with E-state index in [-0.39, 0.29) is 55.9 Å². The SMILES string of the molecule is CC(C)(C)c1cc(N2c3nc(C#N)nc4c3B(c3ccc5c(c32)C(C)(C)CCC5(C)C)c2ccc3c(c2N4c2cc(C(C)(C)C)cc(C(C)(C)C)c2)C(C)(C)CCC3(C)C)cc(C(C)(C)C)c1. The summed E-state index contributed by atoms with van der Waals surface area (Å²) in [5, 5.41) is 11.2. The molecule has 0 N–H and O–H groups in total. The predicted molar refractivity (Wildman–Crippen MR) is 286 cm³/mol. The van der Waals surface area contributed by atoms with Gasteiger partial charge in [0.25, 0.3) is 6.71 Å². The number of hydrogen-bond donors (Lipinski definition) is 0. The molecular formula is C61H78BN5. The van der Waals surface area contributed by atoms with Gasteiger partial charge in [0, 0.05) is 28.2 Å². The van der Waals surface area contributed by atoms with Crippen molar-refractivity contribution in [1.82, 2.24) is 9.97 Å². The fourth-order valence-corrected chi connectivity index (χ4v) is 11.9. The maximum absolute atomic E-state index is 11.2. The summed E-state index contributed by atoms with van der Waals surface area (Å²) in [6, 6.07) is 26.9. The second kappa shape index (κ2) is 14.6. The summed E-state index contributed by atoms with van der Waals surface area (Å²) in [5.41, 5.74) is 18.3. The van der Waals surface area contributed by atoms with E-state index < -0.39 is 0 Å². The van der Waals surface area contributed by atoms with Crippen molar-refractivity contribution >= 4 is 57.5 Å². The van der Waals surface area contributed by atoms with Crippen LogP contribution < -0.4 is 26.2 Å². The van der Waals surface area contributed by atoms with E-state index in [4.69, 9.17) is 9.97 Å². The third kappa shape index (κ3) is 7.47. The molecule has 0 atom stereocenters. The first-order chi connectivity index (χ1) is 30.7. The van der Waals surface area contributed by atoms with Gasteiger partial charge in [-0.15, -0.1) is 0 Å². The second-order valence-electron chi connectivity index (χ2n) is 27.7. The monoisotopic (exact) mass is 892 g/mol. The first-order valence-corrected chi connectivity index (χ1v) is 25.3. The van der Waals surface area contributed by atoms with Crippen LogP contribution in [0.5, 0.6) is 0 Å². The lowest BCUT2D eigenvalue weighted by atomic mass is 9.33. The van der Waals surface area contributed by atoms with Crippen LogP contribution in [0.15, 0.2) is 60.7 Å². The zero-order valence-corrected chi connectivity index (χ0v) is 44.9. The average Bonchev–Trinajstić information content (AvgIpc) is 3.21. The molecule has 0 unspecified atom stereocenters. The molecule has 4 aromatic carbocycles. The number of rotatable bonds is 2. The van der Waals surface area contributed by atoms with Crippen molar-refractivity contribution in [3.8, 4) is 6.07 Å². The molecule has 0 saturated carbocycles. The molecule has 2 aliphatic carbocycles. The Morgan fingerprint density at radius 3 is 1.09 bits per heavy atom. The molecule has 67 heavy (non-hydrogen) atoms. The largest absolute Gasteiger partial charge is 0.295 e. The molecule has 1 aromatic heterocycles. The Kier molecular flexibility index (Phi) is 10.3. The van der Waals surface area contributed by atoms with Gasteiger partial charge in [-0.05, 0) is 149 Å². The van der Waals surface area contributed by atoms with Gasteiger partial charge in [0.05, 0.1) is 0 Å². The zero-order valence-electron chi connectivity index (χ0n) is 44.9. The minimum Gasteiger partial charge on any atom is -0.295 e. The molecule has 5 aromatic rings. The Labute approximate surface area is 405 Å². The smallest absolute Gasteiger partial charge is 0.256 e. The van der Waals surface area contributed by atoms with E-state index in [1.165, 1.54) is 66.8 Å².